The van der Waals surface area contributed by atoms with Crippen LogP contribution in [0, 0.1) is 5.92 Å². The zero-order chi connectivity index (χ0) is 12.4. The van der Waals surface area contributed by atoms with Crippen molar-refractivity contribution >= 4 is 23.1 Å². The fourth-order valence-corrected chi connectivity index (χ4v) is 5.80. The van der Waals surface area contributed by atoms with Gasteiger partial charge in [0.2, 0.25) is 0 Å². The fourth-order valence-electron chi connectivity index (χ4n) is 3.30. The minimum absolute atomic E-state index is 0.605. The molecule has 100 valence electrons. The molecular weight excluding hydrogens is 258 g/mol. The van der Waals surface area contributed by atoms with E-state index in [4.69, 9.17) is 0 Å². The predicted octanol–water partition coefficient (Wildman–Crippen LogP) is 4.38. The van der Waals surface area contributed by atoms with Gasteiger partial charge in [0, 0.05) is 21.5 Å². The average molecular weight is 281 g/mol. The largest absolute Gasteiger partial charge is 0.312 e. The summed E-state index contributed by atoms with van der Waals surface area (Å²) in [6, 6.07) is 3.09. The number of nitrogens with one attached hydrogen (secondary N) is 1. The molecule has 1 aliphatic heterocycles. The van der Waals surface area contributed by atoms with E-state index in [-0.39, 0.29) is 0 Å². The highest BCUT2D eigenvalue weighted by Gasteiger charge is 2.23. The molecule has 1 aliphatic carbocycles. The SMILES string of the molecule is CNC(CC1CCCC1)c1cc2c(s1)CCSC2. The molecule has 0 radical (unpaired) electrons. The summed E-state index contributed by atoms with van der Waals surface area (Å²) in [6.07, 6.45) is 8.48. The Morgan fingerprint density at radius 2 is 2.22 bits per heavy atom. The van der Waals surface area contributed by atoms with Gasteiger partial charge in [0.1, 0.15) is 0 Å². The zero-order valence-electron chi connectivity index (χ0n) is 11.2. The number of fused-ring (bicyclic) bond motifs is 1. The van der Waals surface area contributed by atoms with E-state index in [1.54, 1.807) is 15.3 Å². The maximum absolute atomic E-state index is 3.56. The number of hydrogen-bond acceptors (Lipinski definition) is 3. The van der Waals surface area contributed by atoms with Gasteiger partial charge in [-0.15, -0.1) is 11.3 Å². The molecule has 0 amide bonds. The number of thiophene rings is 1. The van der Waals surface area contributed by atoms with Crippen LogP contribution in [0.4, 0.5) is 0 Å². The quantitative estimate of drug-likeness (QED) is 0.879. The summed E-state index contributed by atoms with van der Waals surface area (Å²) < 4.78 is 0. The monoisotopic (exact) mass is 281 g/mol. The van der Waals surface area contributed by atoms with Crippen molar-refractivity contribution in [1.82, 2.24) is 5.32 Å². The van der Waals surface area contributed by atoms with Crippen LogP contribution in [-0.2, 0) is 12.2 Å². The van der Waals surface area contributed by atoms with Crippen molar-refractivity contribution in [1.29, 1.82) is 0 Å². The van der Waals surface area contributed by atoms with E-state index in [0.717, 1.165) is 5.92 Å². The Morgan fingerprint density at radius 3 is 2.94 bits per heavy atom. The first-order chi connectivity index (χ1) is 8.86. The second-order valence-corrected chi connectivity index (χ2v) is 7.90. The number of thioether (sulfide) groups is 1. The highest BCUT2D eigenvalue weighted by Crippen LogP contribution is 2.38. The van der Waals surface area contributed by atoms with Crippen LogP contribution < -0.4 is 5.32 Å². The molecule has 1 aromatic heterocycles. The van der Waals surface area contributed by atoms with Crippen molar-refractivity contribution in [3.8, 4) is 0 Å². The van der Waals surface area contributed by atoms with E-state index in [2.05, 4.69) is 41.5 Å². The lowest BCUT2D eigenvalue weighted by atomic mass is 9.97. The zero-order valence-corrected chi connectivity index (χ0v) is 12.8. The lowest BCUT2D eigenvalue weighted by Crippen LogP contribution is -2.18. The summed E-state index contributed by atoms with van der Waals surface area (Å²) in [5.41, 5.74) is 1.62. The second-order valence-electron chi connectivity index (χ2n) is 5.63. The van der Waals surface area contributed by atoms with Gasteiger partial charge in [-0.3, -0.25) is 0 Å². The van der Waals surface area contributed by atoms with Gasteiger partial charge >= 0.3 is 0 Å². The molecule has 18 heavy (non-hydrogen) atoms. The molecule has 3 rings (SSSR count). The van der Waals surface area contributed by atoms with Crippen LogP contribution in [0.3, 0.4) is 0 Å². The smallest absolute Gasteiger partial charge is 0.0415 e. The molecule has 1 aromatic rings. The van der Waals surface area contributed by atoms with E-state index in [1.807, 2.05) is 0 Å². The molecule has 0 saturated heterocycles. The molecule has 1 unspecified atom stereocenters. The van der Waals surface area contributed by atoms with Crippen molar-refractivity contribution in [2.24, 2.45) is 5.92 Å². The summed E-state index contributed by atoms with van der Waals surface area (Å²) in [6.45, 7) is 0. The maximum atomic E-state index is 3.56. The summed E-state index contributed by atoms with van der Waals surface area (Å²) in [5, 5.41) is 3.56. The third-order valence-corrected chi connectivity index (χ3v) is 6.74. The molecule has 1 saturated carbocycles. The number of aryl methyl sites for hydroxylation is 1. The van der Waals surface area contributed by atoms with Crippen LogP contribution in [0.2, 0.25) is 0 Å². The van der Waals surface area contributed by atoms with Crippen molar-refractivity contribution in [2.75, 3.05) is 12.8 Å². The predicted molar refractivity (Wildman–Crippen MR) is 82.6 cm³/mol. The van der Waals surface area contributed by atoms with Gasteiger partial charge in [0.25, 0.3) is 0 Å². The topological polar surface area (TPSA) is 12.0 Å². The minimum atomic E-state index is 0.605. The van der Waals surface area contributed by atoms with E-state index >= 15 is 0 Å². The summed E-state index contributed by atoms with van der Waals surface area (Å²) in [5.74, 6) is 3.53. The van der Waals surface area contributed by atoms with E-state index in [1.165, 1.54) is 50.0 Å². The average Bonchev–Trinajstić information content (AvgIpc) is 3.04. The fraction of sp³-hybridized carbons (Fsp3) is 0.733. The third kappa shape index (κ3) is 2.78. The second kappa shape index (κ2) is 5.98. The van der Waals surface area contributed by atoms with Crippen LogP contribution >= 0.6 is 23.1 Å². The molecule has 2 heterocycles. The standard InChI is InChI=1S/C15H23NS2/c1-16-13(8-11-4-2-3-5-11)15-9-12-10-17-7-6-14(12)18-15/h9,11,13,16H,2-8,10H2,1H3. The third-order valence-electron chi connectivity index (χ3n) is 4.38. The first-order valence-electron chi connectivity index (χ1n) is 7.23. The first-order valence-corrected chi connectivity index (χ1v) is 9.20. The van der Waals surface area contributed by atoms with Gasteiger partial charge < -0.3 is 5.32 Å². The molecule has 2 aliphatic rings. The first kappa shape index (κ1) is 13.0. The van der Waals surface area contributed by atoms with E-state index in [0.29, 0.717) is 6.04 Å². The van der Waals surface area contributed by atoms with Gasteiger partial charge in [0.05, 0.1) is 0 Å². The van der Waals surface area contributed by atoms with Crippen molar-refractivity contribution in [3.05, 3.63) is 21.4 Å². The molecule has 0 bridgehead atoms. The Balaban J connectivity index is 1.71. The van der Waals surface area contributed by atoms with E-state index < -0.39 is 0 Å². The van der Waals surface area contributed by atoms with Crippen LogP contribution in [-0.4, -0.2) is 12.8 Å². The lowest BCUT2D eigenvalue weighted by molar-refractivity contribution is 0.417. The van der Waals surface area contributed by atoms with Crippen LogP contribution in [0.25, 0.3) is 0 Å². The van der Waals surface area contributed by atoms with Crippen LogP contribution in [0.5, 0.6) is 0 Å². The Kier molecular flexibility index (Phi) is 4.32. The Morgan fingerprint density at radius 1 is 1.39 bits per heavy atom. The molecule has 3 heteroatoms. The number of rotatable bonds is 4. The molecule has 1 nitrogen and oxygen atoms in total. The highest BCUT2D eigenvalue weighted by molar-refractivity contribution is 7.98. The van der Waals surface area contributed by atoms with Crippen molar-refractivity contribution in [2.45, 2.75) is 50.3 Å². The normalized spacial score (nSPS) is 22.1. The minimum Gasteiger partial charge on any atom is -0.312 e. The van der Waals surface area contributed by atoms with Gasteiger partial charge in [-0.25, -0.2) is 0 Å². The van der Waals surface area contributed by atoms with Gasteiger partial charge in [-0.1, -0.05) is 25.7 Å². The Hall–Kier alpha value is 0.01000. The van der Waals surface area contributed by atoms with Crippen molar-refractivity contribution < 1.29 is 0 Å². The van der Waals surface area contributed by atoms with Crippen LogP contribution in [0.1, 0.15) is 53.5 Å². The van der Waals surface area contributed by atoms with E-state index in [9.17, 15) is 0 Å². The maximum Gasteiger partial charge on any atom is 0.0415 e. The van der Waals surface area contributed by atoms with Crippen LogP contribution in [0.15, 0.2) is 6.07 Å². The molecule has 1 fully saturated rings. The summed E-state index contributed by atoms with van der Waals surface area (Å²) >= 11 is 4.16. The summed E-state index contributed by atoms with van der Waals surface area (Å²) in [7, 11) is 2.13. The molecule has 1 N–H and O–H groups in total. The molecule has 0 spiro atoms. The Labute approximate surface area is 119 Å². The number of hydrogen-bond donors (Lipinski definition) is 1. The van der Waals surface area contributed by atoms with Gasteiger partial charge in [-0.2, -0.15) is 11.8 Å². The van der Waals surface area contributed by atoms with Crippen molar-refractivity contribution in [3.63, 3.8) is 0 Å². The summed E-state index contributed by atoms with van der Waals surface area (Å²) in [4.78, 5) is 3.26. The molecular formula is C15H23NS2. The molecule has 0 aromatic carbocycles. The van der Waals surface area contributed by atoms with Gasteiger partial charge in [0.15, 0.2) is 0 Å². The lowest BCUT2D eigenvalue weighted by Gasteiger charge is -2.18. The highest BCUT2D eigenvalue weighted by atomic mass is 32.2. The van der Waals surface area contributed by atoms with Gasteiger partial charge in [-0.05, 0) is 43.2 Å². The Bertz CT molecular complexity index is 370. The molecule has 1 atom stereocenters.